The van der Waals surface area contributed by atoms with Crippen molar-refractivity contribution in [3.63, 3.8) is 0 Å². The molecule has 6 nitrogen and oxygen atoms in total. The van der Waals surface area contributed by atoms with E-state index < -0.39 is 18.2 Å². The van der Waals surface area contributed by atoms with E-state index in [2.05, 4.69) is 68.6 Å². The van der Waals surface area contributed by atoms with Gasteiger partial charge in [-0.15, -0.1) is 0 Å². The Bertz CT molecular complexity index is 1220. The minimum atomic E-state index is -0.804. The molecule has 3 unspecified atom stereocenters. The molecule has 0 rings (SSSR count). The molecule has 0 aromatic carbocycles. The maximum absolute atomic E-state index is 13.2. The van der Waals surface area contributed by atoms with Crippen molar-refractivity contribution < 1.29 is 24.5 Å². The van der Waals surface area contributed by atoms with Gasteiger partial charge in [0.15, 0.2) is 0 Å². The predicted molar refractivity (Wildman–Crippen MR) is 264 cm³/mol. The molecule has 3 N–H and O–H groups in total. The molecule has 3 atom stereocenters. The molecular weight excluding hydrogens is 755 g/mol. The van der Waals surface area contributed by atoms with E-state index in [1.807, 2.05) is 54.7 Å². The fraction of sp³-hybridized carbons (Fsp3) is 0.673. The molecule has 348 valence electrons. The summed E-state index contributed by atoms with van der Waals surface area (Å²) in [5.41, 5.74) is 0. The zero-order valence-corrected chi connectivity index (χ0v) is 39.5. The quantitative estimate of drug-likeness (QED) is 0.0246. The van der Waals surface area contributed by atoms with Gasteiger partial charge in [0, 0.05) is 6.42 Å². The molecule has 0 aliphatic heterocycles. The zero-order valence-electron chi connectivity index (χ0n) is 39.5. The molecule has 0 bridgehead atoms. The number of esters is 1. The minimum absolute atomic E-state index is 0.0441. The SMILES string of the molecule is CC\C=C/C=C/C=C/C=C\C=C\C=C\CCCCCC(=O)OC(CCCCCCC/C=C/C/C=C/CC)CC(=O)NC(CO)C(O)CCCCCCCCCCCCCCC. The van der Waals surface area contributed by atoms with E-state index in [1.165, 1.54) is 64.2 Å². The molecule has 0 heterocycles. The average Bonchev–Trinajstić information content (AvgIpc) is 3.25. The molecule has 0 saturated heterocycles. The summed E-state index contributed by atoms with van der Waals surface area (Å²) in [6, 6.07) is -0.721. The van der Waals surface area contributed by atoms with Crippen LogP contribution in [-0.4, -0.2) is 46.9 Å². The number of hydrogen-bond donors (Lipinski definition) is 3. The van der Waals surface area contributed by atoms with Crippen LogP contribution in [-0.2, 0) is 14.3 Å². The molecule has 61 heavy (non-hydrogen) atoms. The Kier molecular flexibility index (Phi) is 45.3. The van der Waals surface area contributed by atoms with E-state index in [0.717, 1.165) is 103 Å². The van der Waals surface area contributed by atoms with E-state index in [0.29, 0.717) is 19.3 Å². The second kappa shape index (κ2) is 47.8. The number of hydrogen-bond acceptors (Lipinski definition) is 5. The van der Waals surface area contributed by atoms with E-state index in [1.54, 1.807) is 0 Å². The first-order chi connectivity index (χ1) is 30.0. The van der Waals surface area contributed by atoms with Gasteiger partial charge in [-0.25, -0.2) is 0 Å². The van der Waals surface area contributed by atoms with Crippen molar-refractivity contribution in [2.24, 2.45) is 0 Å². The Hall–Kier alpha value is -3.22. The second-order valence-electron chi connectivity index (χ2n) is 16.6. The number of rotatable bonds is 43. The highest BCUT2D eigenvalue weighted by Crippen LogP contribution is 2.17. The highest BCUT2D eigenvalue weighted by atomic mass is 16.5. The van der Waals surface area contributed by atoms with Crippen LogP contribution >= 0.6 is 0 Å². The standard InChI is InChI=1S/C55H93NO5/c1-4-7-10-13-16-19-22-25-26-27-28-30-33-36-39-42-45-48-55(60)61-51(46-43-40-37-34-31-24-21-18-15-12-9-6-3)49-54(59)56-52(50-57)53(58)47-44-41-38-35-32-29-23-20-17-14-11-8-5-2/h7,9-10,12-13,16,18-19,21-22,25-28,30,33,51-53,57-58H,4-6,8,11,14-15,17,20,23-24,29,31-32,34-50H2,1-3H3,(H,56,59)/b10-7-,12-9+,16-13+,21-18+,22-19+,26-25-,28-27+,33-30+. The summed E-state index contributed by atoms with van der Waals surface area (Å²) in [7, 11) is 0. The largest absolute Gasteiger partial charge is 0.462 e. The van der Waals surface area contributed by atoms with Gasteiger partial charge in [-0.1, -0.05) is 227 Å². The van der Waals surface area contributed by atoms with E-state index in [-0.39, 0.29) is 24.9 Å². The molecule has 6 heteroatoms. The Labute approximate surface area is 376 Å². The summed E-state index contributed by atoms with van der Waals surface area (Å²) < 4.78 is 5.90. The Balaban J connectivity index is 4.69. The molecule has 0 aromatic rings. The van der Waals surface area contributed by atoms with Crippen LogP contribution in [0.5, 0.6) is 0 Å². The van der Waals surface area contributed by atoms with E-state index in [4.69, 9.17) is 4.74 Å². The highest BCUT2D eigenvalue weighted by molar-refractivity contribution is 5.77. The lowest BCUT2D eigenvalue weighted by atomic mass is 10.0. The van der Waals surface area contributed by atoms with Crippen molar-refractivity contribution in [2.45, 2.75) is 232 Å². The number of aliphatic hydroxyl groups is 2. The van der Waals surface area contributed by atoms with Gasteiger partial charge in [-0.3, -0.25) is 9.59 Å². The Morgan fingerprint density at radius 3 is 1.52 bits per heavy atom. The number of carbonyl (C=O) groups excluding carboxylic acids is 2. The van der Waals surface area contributed by atoms with Crippen molar-refractivity contribution in [2.75, 3.05) is 6.61 Å². The molecule has 0 saturated carbocycles. The van der Waals surface area contributed by atoms with Gasteiger partial charge in [-0.05, 0) is 70.6 Å². The van der Waals surface area contributed by atoms with Crippen LogP contribution < -0.4 is 5.32 Å². The van der Waals surface area contributed by atoms with Gasteiger partial charge in [0.1, 0.15) is 6.10 Å². The number of aliphatic hydroxyl groups excluding tert-OH is 2. The number of nitrogens with one attached hydrogen (secondary N) is 1. The van der Waals surface area contributed by atoms with Crippen LogP contribution in [0.4, 0.5) is 0 Å². The first-order valence-electron chi connectivity index (χ1n) is 25.0. The predicted octanol–water partition coefficient (Wildman–Crippen LogP) is 14.9. The lowest BCUT2D eigenvalue weighted by Crippen LogP contribution is -2.46. The van der Waals surface area contributed by atoms with Crippen molar-refractivity contribution in [1.29, 1.82) is 0 Å². The summed E-state index contributed by atoms with van der Waals surface area (Å²) in [5.74, 6) is -0.547. The number of allylic oxidation sites excluding steroid dienone is 16. The van der Waals surface area contributed by atoms with Crippen molar-refractivity contribution in [1.82, 2.24) is 5.32 Å². The molecule has 0 spiro atoms. The molecule has 0 fully saturated rings. The maximum Gasteiger partial charge on any atom is 0.306 e. The van der Waals surface area contributed by atoms with Gasteiger partial charge in [0.05, 0.1) is 25.2 Å². The topological polar surface area (TPSA) is 95.9 Å². The summed E-state index contributed by atoms with van der Waals surface area (Å²) >= 11 is 0. The fourth-order valence-corrected chi connectivity index (χ4v) is 7.09. The van der Waals surface area contributed by atoms with Crippen LogP contribution in [0, 0.1) is 0 Å². The third-order valence-electron chi connectivity index (χ3n) is 10.8. The molecule has 0 aliphatic rings. The van der Waals surface area contributed by atoms with Crippen LogP contribution in [0.2, 0.25) is 0 Å². The highest BCUT2D eigenvalue weighted by Gasteiger charge is 2.24. The number of carbonyl (C=O) groups is 2. The smallest absolute Gasteiger partial charge is 0.306 e. The first kappa shape index (κ1) is 57.8. The summed E-state index contributed by atoms with van der Waals surface area (Å²) in [6.45, 7) is 6.21. The third kappa shape index (κ3) is 43.2. The molecule has 0 radical (unpaired) electrons. The second-order valence-corrected chi connectivity index (χ2v) is 16.6. The molecular formula is C55H93NO5. The number of unbranched alkanes of at least 4 members (excludes halogenated alkanes) is 20. The van der Waals surface area contributed by atoms with Crippen LogP contribution in [0.3, 0.4) is 0 Å². The van der Waals surface area contributed by atoms with Gasteiger partial charge in [-0.2, -0.15) is 0 Å². The van der Waals surface area contributed by atoms with Crippen LogP contribution in [0.15, 0.2) is 97.2 Å². The van der Waals surface area contributed by atoms with Gasteiger partial charge in [0.25, 0.3) is 0 Å². The normalized spacial score (nSPS) is 14.1. The summed E-state index contributed by atoms with van der Waals surface area (Å²) in [5, 5.41) is 23.7. The first-order valence-corrected chi connectivity index (χ1v) is 25.0. The average molecular weight is 848 g/mol. The molecule has 0 aromatic heterocycles. The third-order valence-corrected chi connectivity index (χ3v) is 10.8. The van der Waals surface area contributed by atoms with Crippen molar-refractivity contribution in [3.05, 3.63) is 97.2 Å². The van der Waals surface area contributed by atoms with Crippen LogP contribution in [0.1, 0.15) is 213 Å². The van der Waals surface area contributed by atoms with Crippen molar-refractivity contribution >= 4 is 11.9 Å². The van der Waals surface area contributed by atoms with E-state index >= 15 is 0 Å². The van der Waals surface area contributed by atoms with Crippen molar-refractivity contribution in [3.8, 4) is 0 Å². The summed E-state index contributed by atoms with van der Waals surface area (Å²) in [6.07, 6.45) is 63.2. The van der Waals surface area contributed by atoms with E-state index in [9.17, 15) is 19.8 Å². The maximum atomic E-state index is 13.2. The lowest BCUT2D eigenvalue weighted by Gasteiger charge is -2.24. The number of amides is 1. The van der Waals surface area contributed by atoms with Crippen LogP contribution in [0.25, 0.3) is 0 Å². The zero-order chi connectivity index (χ0) is 44.5. The van der Waals surface area contributed by atoms with Gasteiger partial charge in [0.2, 0.25) is 5.91 Å². The lowest BCUT2D eigenvalue weighted by molar-refractivity contribution is -0.151. The Morgan fingerprint density at radius 1 is 0.508 bits per heavy atom. The molecule has 0 aliphatic carbocycles. The summed E-state index contributed by atoms with van der Waals surface area (Å²) in [4.78, 5) is 26.1. The number of ether oxygens (including phenoxy) is 1. The Morgan fingerprint density at radius 2 is 0.967 bits per heavy atom. The monoisotopic (exact) mass is 848 g/mol. The van der Waals surface area contributed by atoms with Gasteiger partial charge >= 0.3 is 5.97 Å². The fourth-order valence-electron chi connectivity index (χ4n) is 7.09. The minimum Gasteiger partial charge on any atom is -0.462 e. The van der Waals surface area contributed by atoms with Gasteiger partial charge < -0.3 is 20.3 Å². The molecule has 1 amide bonds.